The molecule has 1 aliphatic rings. The number of nitrogens with zero attached hydrogens (tertiary/aromatic N) is 1. The van der Waals surface area contributed by atoms with Crippen LogP contribution in [0.5, 0.6) is 0 Å². The molecule has 2 aromatic carbocycles. The highest BCUT2D eigenvalue weighted by Gasteiger charge is 2.15. The highest BCUT2D eigenvalue weighted by atomic mass is 19.1. The van der Waals surface area contributed by atoms with Gasteiger partial charge in [0.15, 0.2) is 5.78 Å². The number of amides is 1. The molecule has 2 aromatic rings. The maximum atomic E-state index is 13.5. The molecule has 5 nitrogen and oxygen atoms in total. The molecule has 0 radical (unpaired) electrons. The molecule has 3 rings (SSSR count). The van der Waals surface area contributed by atoms with Gasteiger partial charge in [0.05, 0.1) is 5.69 Å². The molecule has 0 unspecified atom stereocenters. The van der Waals surface area contributed by atoms with Crippen molar-refractivity contribution in [3.05, 3.63) is 64.5 Å². The van der Waals surface area contributed by atoms with Crippen molar-refractivity contribution in [3.8, 4) is 6.07 Å². The second-order valence-electron chi connectivity index (χ2n) is 6.81. The summed E-state index contributed by atoms with van der Waals surface area (Å²) in [7, 11) is 0. The Morgan fingerprint density at radius 3 is 2.71 bits per heavy atom. The summed E-state index contributed by atoms with van der Waals surface area (Å²) < 4.78 is 13.5. The van der Waals surface area contributed by atoms with Crippen LogP contribution in [0.3, 0.4) is 0 Å². The fourth-order valence-electron chi connectivity index (χ4n) is 3.39. The van der Waals surface area contributed by atoms with Crippen LogP contribution in [0, 0.1) is 17.1 Å². The van der Waals surface area contributed by atoms with Crippen molar-refractivity contribution in [2.75, 3.05) is 18.4 Å². The minimum atomic E-state index is -0.582. The van der Waals surface area contributed by atoms with Gasteiger partial charge in [0.1, 0.15) is 17.4 Å². The summed E-state index contributed by atoms with van der Waals surface area (Å²) in [5, 5.41) is 14.6. The van der Waals surface area contributed by atoms with E-state index in [0.29, 0.717) is 24.3 Å². The van der Waals surface area contributed by atoms with Crippen molar-refractivity contribution >= 4 is 17.4 Å². The number of hydrogen-bond acceptors (Lipinski definition) is 4. The van der Waals surface area contributed by atoms with E-state index in [0.717, 1.165) is 19.3 Å². The number of carbonyl (C=O) groups excluding carboxylic acids is 2. The first-order valence-electron chi connectivity index (χ1n) is 9.42. The molecule has 0 bridgehead atoms. The van der Waals surface area contributed by atoms with Crippen LogP contribution in [0.15, 0.2) is 36.4 Å². The number of fused-ring (bicyclic) bond motifs is 1. The topological polar surface area (TPSA) is 82.0 Å². The number of nitrogens with one attached hydrogen (secondary N) is 2. The second kappa shape index (κ2) is 9.14. The van der Waals surface area contributed by atoms with E-state index in [1.54, 1.807) is 6.07 Å². The van der Waals surface area contributed by atoms with Gasteiger partial charge in [-0.1, -0.05) is 18.2 Å². The number of benzene rings is 2. The molecule has 6 heteroatoms. The molecule has 0 saturated heterocycles. The number of ketones is 1. The Morgan fingerprint density at radius 2 is 1.89 bits per heavy atom. The quantitative estimate of drug-likeness (QED) is 0.544. The van der Waals surface area contributed by atoms with Crippen LogP contribution < -0.4 is 10.6 Å². The van der Waals surface area contributed by atoms with Crippen molar-refractivity contribution in [1.29, 1.82) is 5.26 Å². The average molecular weight is 379 g/mol. The normalized spacial score (nSPS) is 12.1. The fourth-order valence-corrected chi connectivity index (χ4v) is 3.39. The zero-order chi connectivity index (χ0) is 19.9. The van der Waals surface area contributed by atoms with Gasteiger partial charge in [-0.05, 0) is 48.6 Å². The average Bonchev–Trinajstić information content (AvgIpc) is 3.17. The summed E-state index contributed by atoms with van der Waals surface area (Å²) in [5.41, 5.74) is 3.58. The Hall–Kier alpha value is -3.20. The van der Waals surface area contributed by atoms with E-state index in [2.05, 4.69) is 10.6 Å². The van der Waals surface area contributed by atoms with Gasteiger partial charge in [-0.2, -0.15) is 5.26 Å². The second-order valence-corrected chi connectivity index (χ2v) is 6.81. The van der Waals surface area contributed by atoms with Gasteiger partial charge in [-0.15, -0.1) is 0 Å². The summed E-state index contributed by atoms with van der Waals surface area (Å²) >= 11 is 0. The zero-order valence-electron chi connectivity index (χ0n) is 15.6. The van der Waals surface area contributed by atoms with E-state index in [-0.39, 0.29) is 30.1 Å². The zero-order valence-corrected chi connectivity index (χ0v) is 15.6. The molecule has 1 amide bonds. The third-order valence-corrected chi connectivity index (χ3v) is 4.89. The van der Waals surface area contributed by atoms with Gasteiger partial charge in [-0.25, -0.2) is 4.39 Å². The van der Waals surface area contributed by atoms with Gasteiger partial charge in [0, 0.05) is 31.5 Å². The molecule has 0 aliphatic heterocycles. The molecule has 0 fully saturated rings. The van der Waals surface area contributed by atoms with Crippen molar-refractivity contribution in [2.45, 2.75) is 32.1 Å². The first kappa shape index (κ1) is 19.6. The maximum absolute atomic E-state index is 13.5. The minimum absolute atomic E-state index is 0.0265. The molecular weight excluding hydrogens is 357 g/mol. The lowest BCUT2D eigenvalue weighted by atomic mass is 10.0. The van der Waals surface area contributed by atoms with Gasteiger partial charge >= 0.3 is 0 Å². The molecule has 144 valence electrons. The molecular formula is C22H22FN3O2. The number of anilines is 1. The summed E-state index contributed by atoms with van der Waals surface area (Å²) in [6, 6.07) is 12.0. The summed E-state index contributed by atoms with van der Waals surface area (Å²) in [6.07, 6.45) is 3.52. The van der Waals surface area contributed by atoms with Gasteiger partial charge < -0.3 is 10.6 Å². The minimum Gasteiger partial charge on any atom is -0.382 e. The number of Topliss-reactive ketones (excluding diaryl/α,β-unsaturated/α-hetero) is 1. The van der Waals surface area contributed by atoms with E-state index >= 15 is 0 Å². The highest BCUT2D eigenvalue weighted by Crippen LogP contribution is 2.23. The lowest BCUT2D eigenvalue weighted by Gasteiger charge is -2.10. The maximum Gasteiger partial charge on any atom is 0.220 e. The fraction of sp³-hybridized carbons (Fsp3) is 0.318. The first-order chi connectivity index (χ1) is 13.6. The summed E-state index contributed by atoms with van der Waals surface area (Å²) in [6.45, 7) is 0.663. The van der Waals surface area contributed by atoms with Crippen molar-refractivity contribution in [3.63, 3.8) is 0 Å². The van der Waals surface area contributed by atoms with Gasteiger partial charge in [0.2, 0.25) is 5.91 Å². The van der Waals surface area contributed by atoms with Crippen LogP contribution in [-0.2, 0) is 17.6 Å². The van der Waals surface area contributed by atoms with Crippen LogP contribution in [0.25, 0.3) is 0 Å². The van der Waals surface area contributed by atoms with Crippen molar-refractivity contribution in [2.24, 2.45) is 0 Å². The van der Waals surface area contributed by atoms with Gasteiger partial charge in [-0.3, -0.25) is 9.59 Å². The molecule has 0 heterocycles. The predicted molar refractivity (Wildman–Crippen MR) is 105 cm³/mol. The number of hydrogen-bond donors (Lipinski definition) is 2. The molecule has 0 saturated carbocycles. The third kappa shape index (κ3) is 4.74. The molecule has 28 heavy (non-hydrogen) atoms. The van der Waals surface area contributed by atoms with E-state index in [4.69, 9.17) is 5.26 Å². The molecule has 0 atom stereocenters. The monoisotopic (exact) mass is 379 g/mol. The number of halogens is 1. The van der Waals surface area contributed by atoms with Crippen LogP contribution >= 0.6 is 0 Å². The summed E-state index contributed by atoms with van der Waals surface area (Å²) in [4.78, 5) is 24.3. The first-order valence-corrected chi connectivity index (χ1v) is 9.42. The highest BCUT2D eigenvalue weighted by molar-refractivity contribution is 5.98. The lowest BCUT2D eigenvalue weighted by molar-refractivity contribution is -0.120. The standard InChI is InChI=1S/C22H22FN3O2/c23-19-5-2-6-20(18(19)14-24)25-11-12-26-22(28)10-9-21(27)17-8-7-15-3-1-4-16(15)13-17/h2,5-8,13,25H,1,3-4,9-12H2,(H,26,28). The number of nitriles is 1. The number of rotatable bonds is 8. The van der Waals surface area contributed by atoms with E-state index < -0.39 is 5.82 Å². The lowest BCUT2D eigenvalue weighted by Crippen LogP contribution is -2.29. The van der Waals surface area contributed by atoms with Crippen LogP contribution in [0.1, 0.15) is 46.3 Å². The Bertz CT molecular complexity index is 934. The third-order valence-electron chi connectivity index (χ3n) is 4.89. The molecule has 0 aromatic heterocycles. The Labute approximate surface area is 163 Å². The molecule has 2 N–H and O–H groups in total. The van der Waals surface area contributed by atoms with Gasteiger partial charge in [0.25, 0.3) is 0 Å². The Balaban J connectivity index is 1.40. The van der Waals surface area contributed by atoms with E-state index in [1.807, 2.05) is 24.3 Å². The van der Waals surface area contributed by atoms with Crippen molar-refractivity contribution < 1.29 is 14.0 Å². The van der Waals surface area contributed by atoms with Crippen LogP contribution in [0.4, 0.5) is 10.1 Å². The van der Waals surface area contributed by atoms with E-state index in [9.17, 15) is 14.0 Å². The molecule has 0 spiro atoms. The Kier molecular flexibility index (Phi) is 6.38. The molecule has 1 aliphatic carbocycles. The van der Waals surface area contributed by atoms with E-state index in [1.165, 1.54) is 23.3 Å². The number of carbonyl (C=O) groups is 2. The largest absolute Gasteiger partial charge is 0.382 e. The number of aryl methyl sites for hydroxylation is 2. The predicted octanol–water partition coefficient (Wildman–Crippen LogP) is 3.38. The Morgan fingerprint density at radius 1 is 1.07 bits per heavy atom. The SMILES string of the molecule is N#Cc1c(F)cccc1NCCNC(=O)CCC(=O)c1ccc2c(c1)CCC2. The van der Waals surface area contributed by atoms with Crippen LogP contribution in [0.2, 0.25) is 0 Å². The summed E-state index contributed by atoms with van der Waals surface area (Å²) in [5.74, 6) is -0.820. The smallest absolute Gasteiger partial charge is 0.220 e. The van der Waals surface area contributed by atoms with Crippen LogP contribution in [-0.4, -0.2) is 24.8 Å². The van der Waals surface area contributed by atoms with Crippen molar-refractivity contribution in [1.82, 2.24) is 5.32 Å².